The first-order valence-electron chi connectivity index (χ1n) is 6.14. The quantitative estimate of drug-likeness (QED) is 0.819. The molecule has 94 valence electrons. The smallest absolute Gasteiger partial charge is 0.0938 e. The first-order chi connectivity index (χ1) is 8.72. The molecule has 0 bridgehead atoms. The second kappa shape index (κ2) is 4.65. The van der Waals surface area contributed by atoms with E-state index in [0.717, 1.165) is 17.4 Å². The summed E-state index contributed by atoms with van der Waals surface area (Å²) in [7, 11) is 0. The monoisotopic (exact) mass is 244 g/mol. The summed E-state index contributed by atoms with van der Waals surface area (Å²) in [6.45, 7) is 1.82. The van der Waals surface area contributed by atoms with Gasteiger partial charge >= 0.3 is 0 Å². The molecule has 1 aliphatic heterocycles. The number of rotatable bonds is 2. The van der Waals surface area contributed by atoms with E-state index in [1.807, 2.05) is 24.3 Å². The van der Waals surface area contributed by atoms with Crippen LogP contribution in [0.5, 0.6) is 0 Å². The molecule has 2 aromatic rings. The average molecular weight is 244 g/mol. The Labute approximate surface area is 105 Å². The van der Waals surface area contributed by atoms with Crippen LogP contribution in [0.1, 0.15) is 5.56 Å². The summed E-state index contributed by atoms with van der Waals surface area (Å²) in [5.74, 6) is 0. The summed E-state index contributed by atoms with van der Waals surface area (Å²) in [4.78, 5) is 6.35. The lowest BCUT2D eigenvalue weighted by Gasteiger charge is -2.14. The zero-order chi connectivity index (χ0) is 12.5. The van der Waals surface area contributed by atoms with E-state index >= 15 is 0 Å². The lowest BCUT2D eigenvalue weighted by molar-refractivity contribution is 0.0572. The third-order valence-corrected chi connectivity index (χ3v) is 3.41. The van der Waals surface area contributed by atoms with Crippen molar-refractivity contribution in [2.45, 2.75) is 18.8 Å². The van der Waals surface area contributed by atoms with Gasteiger partial charge in [-0.2, -0.15) is 0 Å². The van der Waals surface area contributed by atoms with Gasteiger partial charge in [0.2, 0.25) is 0 Å². The number of benzene rings is 1. The van der Waals surface area contributed by atoms with Crippen LogP contribution < -0.4 is 0 Å². The fourth-order valence-corrected chi connectivity index (χ4v) is 2.46. The highest BCUT2D eigenvalue weighted by Crippen LogP contribution is 2.17. The minimum absolute atomic E-state index is 0.534. The van der Waals surface area contributed by atoms with Crippen LogP contribution in [0.3, 0.4) is 0 Å². The molecule has 0 unspecified atom stereocenters. The van der Waals surface area contributed by atoms with Crippen molar-refractivity contribution in [1.29, 1.82) is 0 Å². The number of fused-ring (bicyclic) bond motifs is 1. The largest absolute Gasteiger partial charge is 0.389 e. The molecule has 2 atom stereocenters. The minimum atomic E-state index is -0.618. The van der Waals surface area contributed by atoms with Gasteiger partial charge in [-0.25, -0.2) is 0 Å². The molecule has 0 aliphatic carbocycles. The second-order valence-corrected chi connectivity index (χ2v) is 4.86. The first kappa shape index (κ1) is 11.6. The summed E-state index contributed by atoms with van der Waals surface area (Å²) < 4.78 is 0. The average Bonchev–Trinajstić information content (AvgIpc) is 2.68. The van der Waals surface area contributed by atoms with Gasteiger partial charge in [-0.1, -0.05) is 12.1 Å². The Hall–Kier alpha value is -1.49. The Morgan fingerprint density at radius 3 is 2.72 bits per heavy atom. The Morgan fingerprint density at radius 2 is 1.94 bits per heavy atom. The third kappa shape index (κ3) is 2.22. The van der Waals surface area contributed by atoms with Crippen molar-refractivity contribution < 1.29 is 10.2 Å². The van der Waals surface area contributed by atoms with Crippen molar-refractivity contribution in [1.82, 2.24) is 9.88 Å². The van der Waals surface area contributed by atoms with Gasteiger partial charge in [-0.05, 0) is 23.8 Å². The van der Waals surface area contributed by atoms with Crippen molar-refractivity contribution in [3.8, 4) is 0 Å². The fraction of sp³-hybridized carbons (Fsp3) is 0.357. The van der Waals surface area contributed by atoms with E-state index in [1.165, 1.54) is 5.56 Å². The van der Waals surface area contributed by atoms with Gasteiger partial charge in [0, 0.05) is 31.2 Å². The molecule has 2 heterocycles. The molecule has 1 fully saturated rings. The molecule has 2 N–H and O–H groups in total. The van der Waals surface area contributed by atoms with Gasteiger partial charge in [0.15, 0.2) is 0 Å². The molecule has 3 rings (SSSR count). The molecule has 4 nitrogen and oxygen atoms in total. The first-order valence-corrected chi connectivity index (χ1v) is 6.14. The summed E-state index contributed by atoms with van der Waals surface area (Å²) in [5.41, 5.74) is 2.17. The van der Waals surface area contributed by atoms with Gasteiger partial charge in [-0.3, -0.25) is 9.88 Å². The number of aliphatic hydroxyl groups is 2. The molecule has 1 aromatic carbocycles. The number of hydrogen-bond donors (Lipinski definition) is 2. The van der Waals surface area contributed by atoms with Gasteiger partial charge in [0.25, 0.3) is 0 Å². The van der Waals surface area contributed by atoms with Crippen molar-refractivity contribution in [2.75, 3.05) is 13.1 Å². The standard InChI is InChI=1S/C14H16N2O2/c17-13-8-16(9-14(13)18)7-10-3-4-12-11(6-10)2-1-5-15-12/h1-6,13-14,17-18H,7-9H2/t13-,14+. The van der Waals surface area contributed by atoms with E-state index in [0.29, 0.717) is 13.1 Å². The number of nitrogens with zero attached hydrogens (tertiary/aromatic N) is 2. The topological polar surface area (TPSA) is 56.6 Å². The molecule has 0 saturated carbocycles. The van der Waals surface area contributed by atoms with Crippen LogP contribution in [0, 0.1) is 0 Å². The van der Waals surface area contributed by atoms with Gasteiger partial charge in [0.05, 0.1) is 17.7 Å². The van der Waals surface area contributed by atoms with E-state index in [2.05, 4.69) is 16.0 Å². The number of likely N-dealkylation sites (tertiary alicyclic amines) is 1. The van der Waals surface area contributed by atoms with E-state index in [9.17, 15) is 10.2 Å². The molecular formula is C14H16N2O2. The number of pyridine rings is 1. The summed E-state index contributed by atoms with van der Waals surface area (Å²) in [6.07, 6.45) is 0.550. The fourth-order valence-electron chi connectivity index (χ4n) is 2.46. The third-order valence-electron chi connectivity index (χ3n) is 3.41. The molecule has 0 amide bonds. The van der Waals surface area contributed by atoms with Crippen LogP contribution in [0.15, 0.2) is 36.5 Å². The summed E-state index contributed by atoms with van der Waals surface area (Å²) in [5, 5.41) is 20.2. The maximum atomic E-state index is 9.52. The zero-order valence-corrected chi connectivity index (χ0v) is 10.0. The van der Waals surface area contributed by atoms with Gasteiger partial charge < -0.3 is 10.2 Å². The molecule has 4 heteroatoms. The number of aromatic nitrogens is 1. The second-order valence-electron chi connectivity index (χ2n) is 4.86. The Kier molecular flexibility index (Phi) is 2.99. The Bertz CT molecular complexity index is 548. The predicted molar refractivity (Wildman–Crippen MR) is 69.0 cm³/mol. The Balaban J connectivity index is 1.79. The lowest BCUT2D eigenvalue weighted by Crippen LogP contribution is -2.22. The lowest BCUT2D eigenvalue weighted by atomic mass is 10.1. The number of β-amino-alcohol motifs (C(OH)–C–C–N with tert-alkyl or cyclic N) is 2. The Morgan fingerprint density at radius 1 is 1.17 bits per heavy atom. The van der Waals surface area contributed by atoms with Crippen LogP contribution in [0.25, 0.3) is 10.9 Å². The van der Waals surface area contributed by atoms with Gasteiger partial charge in [0.1, 0.15) is 0 Å². The molecule has 1 aromatic heterocycles. The van der Waals surface area contributed by atoms with E-state index in [4.69, 9.17) is 0 Å². The van der Waals surface area contributed by atoms with E-state index in [1.54, 1.807) is 6.20 Å². The van der Waals surface area contributed by atoms with Crippen LogP contribution in [0.4, 0.5) is 0 Å². The van der Waals surface area contributed by atoms with Crippen LogP contribution in [-0.4, -0.2) is 45.4 Å². The minimum Gasteiger partial charge on any atom is -0.389 e. The van der Waals surface area contributed by atoms with Crippen LogP contribution in [0.2, 0.25) is 0 Å². The molecule has 0 radical (unpaired) electrons. The van der Waals surface area contributed by atoms with Gasteiger partial charge in [-0.15, -0.1) is 0 Å². The SMILES string of the molecule is O[C@@H]1CN(Cc2ccc3ncccc3c2)C[C@@H]1O. The zero-order valence-electron chi connectivity index (χ0n) is 10.0. The van der Waals surface area contributed by atoms with Crippen molar-refractivity contribution in [3.05, 3.63) is 42.1 Å². The van der Waals surface area contributed by atoms with Crippen molar-refractivity contribution in [3.63, 3.8) is 0 Å². The summed E-state index contributed by atoms with van der Waals surface area (Å²) in [6, 6.07) is 10.1. The number of aliphatic hydroxyl groups excluding tert-OH is 2. The molecule has 1 aliphatic rings. The molecule has 1 saturated heterocycles. The van der Waals surface area contributed by atoms with Crippen molar-refractivity contribution in [2.24, 2.45) is 0 Å². The maximum absolute atomic E-state index is 9.52. The molecule has 18 heavy (non-hydrogen) atoms. The van der Waals surface area contributed by atoms with Crippen LogP contribution in [-0.2, 0) is 6.54 Å². The maximum Gasteiger partial charge on any atom is 0.0938 e. The van der Waals surface area contributed by atoms with E-state index in [-0.39, 0.29) is 0 Å². The highest BCUT2D eigenvalue weighted by molar-refractivity contribution is 5.78. The van der Waals surface area contributed by atoms with Crippen molar-refractivity contribution >= 4 is 10.9 Å². The van der Waals surface area contributed by atoms with E-state index < -0.39 is 12.2 Å². The predicted octanol–water partition coefficient (Wildman–Crippen LogP) is 0.772. The molecule has 0 spiro atoms. The highest BCUT2D eigenvalue weighted by atomic mass is 16.3. The summed E-state index contributed by atoms with van der Waals surface area (Å²) >= 11 is 0. The number of hydrogen-bond acceptors (Lipinski definition) is 4. The highest BCUT2D eigenvalue weighted by Gasteiger charge is 2.29. The van der Waals surface area contributed by atoms with Crippen LogP contribution >= 0.6 is 0 Å². The molecular weight excluding hydrogens is 228 g/mol. The normalized spacial score (nSPS) is 24.8.